The van der Waals surface area contributed by atoms with Gasteiger partial charge in [-0.25, -0.2) is 23.3 Å². The molecule has 1 radical (unpaired) electrons. The van der Waals surface area contributed by atoms with Gasteiger partial charge in [-0.1, -0.05) is 52.6 Å². The van der Waals surface area contributed by atoms with E-state index in [1.807, 2.05) is 0 Å². The topological polar surface area (TPSA) is 0 Å². The van der Waals surface area contributed by atoms with Crippen LogP contribution in [-0.2, 0) is 26.2 Å². The molecule has 0 saturated heterocycles. The van der Waals surface area contributed by atoms with Gasteiger partial charge in [-0.3, -0.25) is 12.2 Å². The molecule has 0 bridgehead atoms. The Hall–Kier alpha value is 0.640. The minimum absolute atomic E-state index is 0. The van der Waals surface area contributed by atoms with E-state index in [1.54, 1.807) is 0 Å². The first-order valence-corrected chi connectivity index (χ1v) is 9.85. The molecule has 0 aliphatic heterocycles. The summed E-state index contributed by atoms with van der Waals surface area (Å²) in [6, 6.07) is 0. The van der Waals surface area contributed by atoms with E-state index in [1.165, 1.54) is 36.8 Å². The number of halogens is 2. The minimum Gasteiger partial charge on any atom is -1.00 e. The van der Waals surface area contributed by atoms with Gasteiger partial charge in [0, 0.05) is 9.52 Å². The Morgan fingerprint density at radius 3 is 1.36 bits per heavy atom. The fourth-order valence-corrected chi connectivity index (χ4v) is 1.78. The predicted octanol–water partition coefficient (Wildman–Crippen LogP) is -0.523. The van der Waals surface area contributed by atoms with Crippen molar-refractivity contribution in [1.82, 2.24) is 0 Å². The zero-order chi connectivity index (χ0) is 14.3. The molecule has 0 amide bonds. The van der Waals surface area contributed by atoms with Crippen molar-refractivity contribution in [3.8, 4) is 0 Å². The Morgan fingerprint density at radius 2 is 1.18 bits per heavy atom. The molecule has 2 rings (SSSR count). The molecular weight excluding hydrogens is 406 g/mol. The second kappa shape index (κ2) is 23.9. The molecule has 0 aromatic rings. The monoisotopic (exact) mass is 433 g/mol. The van der Waals surface area contributed by atoms with Crippen LogP contribution in [0.25, 0.3) is 0 Å². The molecule has 0 unspecified atom stereocenters. The first-order chi connectivity index (χ1) is 9.28. The van der Waals surface area contributed by atoms with Crippen LogP contribution in [0.1, 0.15) is 52.4 Å². The quantitative estimate of drug-likeness (QED) is 0.412. The fraction of sp³-hybridized carbons (Fsp3) is 0.556. The maximum atomic E-state index is 3.26. The van der Waals surface area contributed by atoms with Crippen molar-refractivity contribution < 1.29 is 51.0 Å². The minimum atomic E-state index is 0. The van der Waals surface area contributed by atoms with E-state index in [2.05, 4.69) is 63.4 Å². The van der Waals surface area contributed by atoms with E-state index in [4.69, 9.17) is 0 Å². The van der Waals surface area contributed by atoms with Crippen LogP contribution >= 0.6 is 0 Å². The summed E-state index contributed by atoms with van der Waals surface area (Å²) in [5.74, 6) is 0. The summed E-state index contributed by atoms with van der Waals surface area (Å²) < 4.78 is 0. The van der Waals surface area contributed by atoms with Crippen LogP contribution in [0.15, 0.2) is 35.5 Å². The summed E-state index contributed by atoms with van der Waals surface area (Å²) in [7, 11) is 0.750. The Kier molecular flexibility index (Phi) is 33.1. The van der Waals surface area contributed by atoms with Gasteiger partial charge in [-0.2, -0.15) is 12.2 Å². The van der Waals surface area contributed by atoms with Crippen molar-refractivity contribution in [3.63, 3.8) is 0 Å². The molecule has 0 atom stereocenters. The molecule has 0 heterocycles. The zero-order valence-corrected chi connectivity index (χ0v) is 19.5. The molecule has 123 valence electrons. The molecule has 0 aromatic heterocycles. The Morgan fingerprint density at radius 1 is 0.864 bits per heavy atom. The molecule has 0 fully saturated rings. The Labute approximate surface area is 172 Å². The average molecular weight is 436 g/mol. The normalized spacial score (nSPS) is 13.1. The van der Waals surface area contributed by atoms with Crippen molar-refractivity contribution in [2.45, 2.75) is 65.5 Å². The van der Waals surface area contributed by atoms with Crippen molar-refractivity contribution in [1.29, 1.82) is 0 Å². The molecule has 2 aliphatic carbocycles. The van der Waals surface area contributed by atoms with Gasteiger partial charge in [-0.15, -0.1) is 12.8 Å². The third kappa shape index (κ3) is 18.7. The summed E-state index contributed by atoms with van der Waals surface area (Å²) >= 11 is 0. The molecule has 0 aromatic carbocycles. The average Bonchev–Trinajstić information content (AvgIpc) is 3.05. The molecular formula is C18H29Cl2SiZr. The van der Waals surface area contributed by atoms with Crippen molar-refractivity contribution in [2.75, 3.05) is 0 Å². The van der Waals surface area contributed by atoms with Crippen LogP contribution in [0, 0.1) is 12.2 Å². The smallest absolute Gasteiger partial charge is 1.00 e. The third-order valence-electron chi connectivity index (χ3n) is 2.57. The van der Waals surface area contributed by atoms with Crippen LogP contribution in [0.5, 0.6) is 0 Å². The van der Waals surface area contributed by atoms with Gasteiger partial charge in [0.1, 0.15) is 0 Å². The summed E-state index contributed by atoms with van der Waals surface area (Å²) in [5, 5.41) is 0. The molecule has 0 N–H and O–H groups in total. The Balaban J connectivity index is -0.000000112. The van der Waals surface area contributed by atoms with Crippen LogP contribution in [0.2, 0.25) is 13.1 Å². The predicted molar refractivity (Wildman–Crippen MR) is 89.7 cm³/mol. The maximum Gasteiger partial charge on any atom is 4.00 e. The van der Waals surface area contributed by atoms with Crippen LogP contribution in [0.3, 0.4) is 0 Å². The number of rotatable bonds is 4. The number of hydrogen-bond acceptors (Lipinski definition) is 0. The van der Waals surface area contributed by atoms with Gasteiger partial charge in [-0.05, 0) is 0 Å². The van der Waals surface area contributed by atoms with Crippen molar-refractivity contribution >= 4 is 9.52 Å². The maximum absolute atomic E-state index is 3.26. The molecule has 0 spiro atoms. The van der Waals surface area contributed by atoms with Crippen LogP contribution in [-0.4, -0.2) is 9.52 Å². The van der Waals surface area contributed by atoms with Crippen molar-refractivity contribution in [2.24, 2.45) is 0 Å². The van der Waals surface area contributed by atoms with Gasteiger partial charge in [0.15, 0.2) is 0 Å². The van der Waals surface area contributed by atoms with Crippen LogP contribution in [0.4, 0.5) is 0 Å². The van der Waals surface area contributed by atoms with Gasteiger partial charge in [0.2, 0.25) is 0 Å². The first-order valence-electron chi connectivity index (χ1n) is 7.54. The Bertz CT molecular complexity index is 302. The SMILES string of the molecule is CCCC1=[C-]CC=C1.CCCC1=[C-]CC=C1.C[SiH]C.[Cl-].[Cl-].[Zr+4]. The van der Waals surface area contributed by atoms with Crippen LogP contribution < -0.4 is 24.8 Å². The molecule has 0 saturated carbocycles. The van der Waals surface area contributed by atoms with Crippen molar-refractivity contribution in [3.05, 3.63) is 47.6 Å². The third-order valence-corrected chi connectivity index (χ3v) is 2.57. The molecule has 22 heavy (non-hydrogen) atoms. The van der Waals surface area contributed by atoms with E-state index in [9.17, 15) is 0 Å². The molecule has 0 nitrogen and oxygen atoms in total. The number of hydrogen-bond donors (Lipinski definition) is 0. The van der Waals surface area contributed by atoms with E-state index in [0.29, 0.717) is 0 Å². The summed E-state index contributed by atoms with van der Waals surface area (Å²) in [6.45, 7) is 8.81. The second-order valence-corrected chi connectivity index (χ2v) is 5.85. The summed E-state index contributed by atoms with van der Waals surface area (Å²) in [6.07, 6.45) is 22.2. The number of allylic oxidation sites excluding steroid dienone is 8. The molecule has 2 aliphatic rings. The summed E-state index contributed by atoms with van der Waals surface area (Å²) in [5.41, 5.74) is 2.79. The van der Waals surface area contributed by atoms with Gasteiger partial charge >= 0.3 is 26.2 Å². The van der Waals surface area contributed by atoms with E-state index in [-0.39, 0.29) is 51.0 Å². The van der Waals surface area contributed by atoms with E-state index < -0.39 is 0 Å². The van der Waals surface area contributed by atoms with Gasteiger partial charge in [0.25, 0.3) is 0 Å². The largest absolute Gasteiger partial charge is 4.00 e. The summed E-state index contributed by atoms with van der Waals surface area (Å²) in [4.78, 5) is 0. The fourth-order valence-electron chi connectivity index (χ4n) is 1.78. The van der Waals surface area contributed by atoms with E-state index in [0.717, 1.165) is 22.4 Å². The molecule has 4 heteroatoms. The second-order valence-electron chi connectivity index (χ2n) is 4.69. The first kappa shape index (κ1) is 30.5. The van der Waals surface area contributed by atoms with E-state index >= 15 is 0 Å². The zero-order valence-electron chi connectivity index (χ0n) is 14.4. The standard InChI is InChI=1S/2C8H11.C2H7Si.2ClH.Zr/c2*1-2-5-8-6-3-4-7-8;1-3-2;;;/h2*3,6H,2,4-5H2,1H3;3H,1-2H3;2*1H;/q2*-1;;;;+4/p-2. The van der Waals surface area contributed by atoms with Gasteiger partial charge in [0.05, 0.1) is 0 Å². The van der Waals surface area contributed by atoms with Gasteiger partial charge < -0.3 is 24.8 Å².